The van der Waals surface area contributed by atoms with E-state index in [4.69, 9.17) is 9.47 Å². The average molecular weight is 243 g/mol. The van der Waals surface area contributed by atoms with Gasteiger partial charge in [0.15, 0.2) is 6.29 Å². The summed E-state index contributed by atoms with van der Waals surface area (Å²) in [5.41, 5.74) is 0. The Morgan fingerprint density at radius 2 is 1.71 bits per heavy atom. The van der Waals surface area contributed by atoms with Crippen molar-refractivity contribution < 1.29 is 9.47 Å². The van der Waals surface area contributed by atoms with E-state index in [-0.39, 0.29) is 6.29 Å². The predicted molar refractivity (Wildman–Crippen MR) is 71.1 cm³/mol. The van der Waals surface area contributed by atoms with Gasteiger partial charge in [0.25, 0.3) is 0 Å². The highest BCUT2D eigenvalue weighted by molar-refractivity contribution is 4.77. The Kier molecular flexibility index (Phi) is 7.82. The summed E-state index contributed by atoms with van der Waals surface area (Å²) < 4.78 is 11.1. The molecule has 0 aromatic rings. The maximum Gasteiger partial charge on any atom is 0.158 e. The quantitative estimate of drug-likeness (QED) is 0.632. The molecule has 0 spiro atoms. The smallest absolute Gasteiger partial charge is 0.158 e. The van der Waals surface area contributed by atoms with E-state index in [1.165, 1.54) is 25.7 Å². The fourth-order valence-corrected chi connectivity index (χ4v) is 2.64. The molecule has 1 aliphatic rings. The molecule has 0 amide bonds. The molecular weight excluding hydrogens is 214 g/mol. The molecule has 1 fully saturated rings. The van der Waals surface area contributed by atoms with Crippen LogP contribution in [-0.2, 0) is 9.47 Å². The zero-order chi connectivity index (χ0) is 12.5. The Morgan fingerprint density at radius 1 is 1.12 bits per heavy atom. The van der Waals surface area contributed by atoms with Crippen LogP contribution in [0.2, 0.25) is 0 Å². The van der Waals surface area contributed by atoms with Gasteiger partial charge in [-0.25, -0.2) is 0 Å². The van der Waals surface area contributed by atoms with E-state index in [1.807, 2.05) is 13.8 Å². The lowest BCUT2D eigenvalue weighted by molar-refractivity contribution is -0.138. The fraction of sp³-hybridized carbons (Fsp3) is 1.00. The SMILES string of the molecule is CCOC(CCN[C@H](C)C1CCCC1)OCC. The van der Waals surface area contributed by atoms with Crippen molar-refractivity contribution in [1.29, 1.82) is 0 Å². The van der Waals surface area contributed by atoms with E-state index < -0.39 is 0 Å². The van der Waals surface area contributed by atoms with Crippen LogP contribution in [0.5, 0.6) is 0 Å². The molecule has 1 N–H and O–H groups in total. The molecule has 3 nitrogen and oxygen atoms in total. The third-order valence-corrected chi connectivity index (χ3v) is 3.66. The zero-order valence-corrected chi connectivity index (χ0v) is 11.7. The summed E-state index contributed by atoms with van der Waals surface area (Å²) in [5.74, 6) is 0.882. The van der Waals surface area contributed by atoms with Crippen LogP contribution in [0.4, 0.5) is 0 Å². The van der Waals surface area contributed by atoms with E-state index in [0.29, 0.717) is 6.04 Å². The lowest BCUT2D eigenvalue weighted by atomic mass is 10.00. The Hall–Kier alpha value is -0.120. The molecule has 1 rings (SSSR count). The molecule has 0 unspecified atom stereocenters. The van der Waals surface area contributed by atoms with Crippen molar-refractivity contribution in [2.75, 3.05) is 19.8 Å². The molecule has 1 aliphatic carbocycles. The molecule has 1 saturated carbocycles. The minimum atomic E-state index is -0.0340. The summed E-state index contributed by atoms with van der Waals surface area (Å²) in [6.07, 6.45) is 6.53. The highest BCUT2D eigenvalue weighted by Crippen LogP contribution is 2.27. The van der Waals surface area contributed by atoms with E-state index in [1.54, 1.807) is 0 Å². The third kappa shape index (κ3) is 5.84. The topological polar surface area (TPSA) is 30.5 Å². The second-order valence-corrected chi connectivity index (χ2v) is 4.92. The van der Waals surface area contributed by atoms with Gasteiger partial charge in [-0.15, -0.1) is 0 Å². The standard InChI is InChI=1S/C14H29NO2/c1-4-16-14(17-5-2)10-11-15-12(3)13-8-6-7-9-13/h12-15H,4-11H2,1-3H3/t12-/m1/s1. The Bertz CT molecular complexity index is 173. The Labute approximate surface area is 106 Å². The number of ether oxygens (including phenoxy) is 2. The average Bonchev–Trinajstić information content (AvgIpc) is 2.83. The molecule has 1 atom stereocenters. The van der Waals surface area contributed by atoms with Crippen LogP contribution in [0, 0.1) is 5.92 Å². The summed E-state index contributed by atoms with van der Waals surface area (Å²) in [5, 5.41) is 3.61. The van der Waals surface area contributed by atoms with Gasteiger partial charge < -0.3 is 14.8 Å². The van der Waals surface area contributed by atoms with Crippen molar-refractivity contribution in [2.45, 2.75) is 65.2 Å². The first-order valence-electron chi connectivity index (χ1n) is 7.24. The second kappa shape index (κ2) is 8.90. The molecular formula is C14H29NO2. The van der Waals surface area contributed by atoms with Crippen molar-refractivity contribution in [3.63, 3.8) is 0 Å². The van der Waals surface area contributed by atoms with Crippen LogP contribution in [0.25, 0.3) is 0 Å². The van der Waals surface area contributed by atoms with Crippen molar-refractivity contribution in [3.8, 4) is 0 Å². The van der Waals surface area contributed by atoms with Crippen molar-refractivity contribution in [3.05, 3.63) is 0 Å². The van der Waals surface area contributed by atoms with Crippen LogP contribution < -0.4 is 5.32 Å². The van der Waals surface area contributed by atoms with Crippen LogP contribution in [0.3, 0.4) is 0 Å². The minimum Gasteiger partial charge on any atom is -0.353 e. The molecule has 0 bridgehead atoms. The molecule has 102 valence electrons. The number of rotatable bonds is 9. The van der Waals surface area contributed by atoms with Crippen molar-refractivity contribution >= 4 is 0 Å². The lowest BCUT2D eigenvalue weighted by Crippen LogP contribution is -2.35. The molecule has 0 aromatic carbocycles. The number of hydrogen-bond acceptors (Lipinski definition) is 3. The summed E-state index contributed by atoms with van der Waals surface area (Å²) in [4.78, 5) is 0. The summed E-state index contributed by atoms with van der Waals surface area (Å²) in [6.45, 7) is 8.78. The fourth-order valence-electron chi connectivity index (χ4n) is 2.64. The minimum absolute atomic E-state index is 0.0340. The van der Waals surface area contributed by atoms with Crippen molar-refractivity contribution in [2.24, 2.45) is 5.92 Å². The van der Waals surface area contributed by atoms with Gasteiger partial charge >= 0.3 is 0 Å². The first-order chi connectivity index (χ1) is 8.27. The number of hydrogen-bond donors (Lipinski definition) is 1. The molecule has 17 heavy (non-hydrogen) atoms. The summed E-state index contributed by atoms with van der Waals surface area (Å²) in [7, 11) is 0. The Morgan fingerprint density at radius 3 is 2.24 bits per heavy atom. The first kappa shape index (κ1) is 14.9. The molecule has 0 saturated heterocycles. The van der Waals surface area contributed by atoms with E-state index >= 15 is 0 Å². The van der Waals surface area contributed by atoms with Gasteiger partial charge in [0.2, 0.25) is 0 Å². The highest BCUT2D eigenvalue weighted by atomic mass is 16.7. The van der Waals surface area contributed by atoms with Crippen molar-refractivity contribution in [1.82, 2.24) is 5.32 Å². The van der Waals surface area contributed by atoms with Gasteiger partial charge in [-0.3, -0.25) is 0 Å². The predicted octanol–water partition coefficient (Wildman–Crippen LogP) is 2.94. The van der Waals surface area contributed by atoms with Gasteiger partial charge in [-0.1, -0.05) is 12.8 Å². The third-order valence-electron chi connectivity index (χ3n) is 3.66. The first-order valence-corrected chi connectivity index (χ1v) is 7.24. The maximum atomic E-state index is 5.53. The monoisotopic (exact) mass is 243 g/mol. The summed E-state index contributed by atoms with van der Waals surface area (Å²) >= 11 is 0. The van der Waals surface area contributed by atoms with Gasteiger partial charge in [0.05, 0.1) is 0 Å². The molecule has 0 radical (unpaired) electrons. The van der Waals surface area contributed by atoms with Gasteiger partial charge in [-0.2, -0.15) is 0 Å². The maximum absolute atomic E-state index is 5.53. The Balaban J connectivity index is 2.11. The van der Waals surface area contributed by atoms with Crippen LogP contribution in [0.1, 0.15) is 52.9 Å². The van der Waals surface area contributed by atoms with E-state index in [9.17, 15) is 0 Å². The molecule has 3 heteroatoms. The second-order valence-electron chi connectivity index (χ2n) is 4.92. The molecule has 0 aliphatic heterocycles. The lowest BCUT2D eigenvalue weighted by Gasteiger charge is -2.22. The van der Waals surface area contributed by atoms with Gasteiger partial charge in [0.1, 0.15) is 0 Å². The van der Waals surface area contributed by atoms with Gasteiger partial charge in [-0.05, 0) is 39.5 Å². The summed E-state index contributed by atoms with van der Waals surface area (Å²) in [6, 6.07) is 0.640. The van der Waals surface area contributed by atoms with Crippen LogP contribution in [0.15, 0.2) is 0 Å². The van der Waals surface area contributed by atoms with E-state index in [2.05, 4.69) is 12.2 Å². The highest BCUT2D eigenvalue weighted by Gasteiger charge is 2.21. The van der Waals surface area contributed by atoms with Crippen LogP contribution in [-0.4, -0.2) is 32.1 Å². The number of nitrogens with one attached hydrogen (secondary N) is 1. The van der Waals surface area contributed by atoms with E-state index in [0.717, 1.165) is 32.1 Å². The van der Waals surface area contributed by atoms with Crippen LogP contribution >= 0.6 is 0 Å². The molecule has 0 heterocycles. The normalized spacial score (nSPS) is 19.1. The molecule has 0 aromatic heterocycles. The van der Waals surface area contributed by atoms with Gasteiger partial charge in [0, 0.05) is 32.2 Å². The largest absolute Gasteiger partial charge is 0.353 e. The zero-order valence-electron chi connectivity index (χ0n) is 11.7.